The lowest BCUT2D eigenvalue weighted by atomic mass is 9.87. The van der Waals surface area contributed by atoms with Gasteiger partial charge in [-0.3, -0.25) is 4.99 Å². The largest absolute Gasteiger partial charge is 0.361 e. The standard InChI is InChI=1S/C12H24N2/c1-10(2)14(4)12(13-3)11-8-6-5-7-9-11/h10-11H,5-9H2,1-4H3/b13-12-. The Morgan fingerprint density at radius 1 is 1.21 bits per heavy atom. The van der Waals surface area contributed by atoms with Gasteiger partial charge in [-0.2, -0.15) is 0 Å². The Morgan fingerprint density at radius 3 is 2.21 bits per heavy atom. The van der Waals surface area contributed by atoms with E-state index in [2.05, 4.69) is 30.8 Å². The predicted molar refractivity (Wildman–Crippen MR) is 62.8 cm³/mol. The van der Waals surface area contributed by atoms with Gasteiger partial charge < -0.3 is 4.90 Å². The average molecular weight is 196 g/mol. The van der Waals surface area contributed by atoms with E-state index in [0.29, 0.717) is 6.04 Å². The molecule has 0 aromatic carbocycles. The fraction of sp³-hybridized carbons (Fsp3) is 0.917. The van der Waals surface area contributed by atoms with Crippen LogP contribution in [-0.2, 0) is 0 Å². The van der Waals surface area contributed by atoms with Crippen LogP contribution in [0.2, 0.25) is 0 Å². The summed E-state index contributed by atoms with van der Waals surface area (Å²) in [5, 5.41) is 0. The molecule has 2 heteroatoms. The molecule has 0 unspecified atom stereocenters. The Morgan fingerprint density at radius 2 is 1.79 bits per heavy atom. The van der Waals surface area contributed by atoms with Gasteiger partial charge in [0.2, 0.25) is 0 Å². The fourth-order valence-corrected chi connectivity index (χ4v) is 2.25. The van der Waals surface area contributed by atoms with Crippen molar-refractivity contribution in [3.05, 3.63) is 0 Å². The summed E-state index contributed by atoms with van der Waals surface area (Å²) in [5.74, 6) is 2.04. The summed E-state index contributed by atoms with van der Waals surface area (Å²) in [5.41, 5.74) is 0. The van der Waals surface area contributed by atoms with Crippen LogP contribution in [0.5, 0.6) is 0 Å². The molecule has 82 valence electrons. The number of nitrogens with zero attached hydrogens (tertiary/aromatic N) is 2. The van der Waals surface area contributed by atoms with E-state index in [9.17, 15) is 0 Å². The molecule has 2 nitrogen and oxygen atoms in total. The maximum Gasteiger partial charge on any atom is 0.102 e. The molecule has 1 aliphatic carbocycles. The van der Waals surface area contributed by atoms with E-state index in [-0.39, 0.29) is 0 Å². The zero-order valence-electron chi connectivity index (χ0n) is 10.1. The van der Waals surface area contributed by atoms with E-state index in [4.69, 9.17) is 0 Å². The van der Waals surface area contributed by atoms with Crippen molar-refractivity contribution < 1.29 is 0 Å². The van der Waals surface area contributed by atoms with Gasteiger partial charge in [-0.25, -0.2) is 0 Å². The highest BCUT2D eigenvalue weighted by molar-refractivity contribution is 5.84. The highest BCUT2D eigenvalue weighted by Crippen LogP contribution is 2.26. The van der Waals surface area contributed by atoms with E-state index >= 15 is 0 Å². The molecule has 0 amide bonds. The van der Waals surface area contributed by atoms with Crippen molar-refractivity contribution in [2.45, 2.75) is 52.0 Å². The molecule has 0 aromatic heterocycles. The average Bonchev–Trinajstić information content (AvgIpc) is 2.20. The molecule has 0 spiro atoms. The van der Waals surface area contributed by atoms with E-state index in [0.717, 1.165) is 5.92 Å². The SMILES string of the molecule is C/N=C(/C1CCCCC1)N(C)C(C)C. The Hall–Kier alpha value is -0.530. The molecule has 0 atom stereocenters. The zero-order chi connectivity index (χ0) is 10.6. The summed E-state index contributed by atoms with van der Waals surface area (Å²) in [6.07, 6.45) is 6.86. The van der Waals surface area contributed by atoms with Crippen molar-refractivity contribution in [2.24, 2.45) is 10.9 Å². The van der Waals surface area contributed by atoms with Crippen LogP contribution < -0.4 is 0 Å². The van der Waals surface area contributed by atoms with Crippen LogP contribution in [0, 0.1) is 5.92 Å². The number of hydrogen-bond acceptors (Lipinski definition) is 1. The van der Waals surface area contributed by atoms with Crippen molar-refractivity contribution >= 4 is 5.84 Å². The molecular weight excluding hydrogens is 172 g/mol. The van der Waals surface area contributed by atoms with Gasteiger partial charge >= 0.3 is 0 Å². The molecule has 1 fully saturated rings. The van der Waals surface area contributed by atoms with Crippen molar-refractivity contribution in [3.8, 4) is 0 Å². The number of hydrogen-bond donors (Lipinski definition) is 0. The third kappa shape index (κ3) is 2.73. The van der Waals surface area contributed by atoms with Gasteiger partial charge in [-0.15, -0.1) is 0 Å². The van der Waals surface area contributed by atoms with E-state index in [1.165, 1.54) is 37.9 Å². The highest BCUT2D eigenvalue weighted by Gasteiger charge is 2.22. The van der Waals surface area contributed by atoms with Crippen molar-refractivity contribution in [1.82, 2.24) is 4.90 Å². The normalized spacial score (nSPS) is 20.2. The van der Waals surface area contributed by atoms with Crippen LogP contribution in [0.3, 0.4) is 0 Å². The van der Waals surface area contributed by atoms with Crippen LogP contribution in [0.1, 0.15) is 46.0 Å². The first-order valence-electron chi connectivity index (χ1n) is 5.86. The molecule has 0 N–H and O–H groups in total. The van der Waals surface area contributed by atoms with Crippen LogP contribution in [-0.4, -0.2) is 30.9 Å². The van der Waals surface area contributed by atoms with Crippen molar-refractivity contribution in [3.63, 3.8) is 0 Å². The smallest absolute Gasteiger partial charge is 0.102 e. The van der Waals surface area contributed by atoms with Crippen LogP contribution in [0.4, 0.5) is 0 Å². The summed E-state index contributed by atoms with van der Waals surface area (Å²) >= 11 is 0. The minimum atomic E-state index is 0.565. The van der Waals surface area contributed by atoms with Gasteiger partial charge in [0, 0.05) is 26.1 Å². The Labute approximate surface area is 88.4 Å². The first kappa shape index (κ1) is 11.5. The molecule has 0 saturated heterocycles. The molecule has 0 aromatic rings. The second-order valence-corrected chi connectivity index (χ2v) is 4.62. The molecule has 0 heterocycles. The molecule has 1 rings (SSSR count). The first-order chi connectivity index (χ1) is 6.66. The summed E-state index contributed by atoms with van der Waals surface area (Å²) in [7, 11) is 4.10. The summed E-state index contributed by atoms with van der Waals surface area (Å²) in [4.78, 5) is 6.80. The first-order valence-corrected chi connectivity index (χ1v) is 5.86. The van der Waals surface area contributed by atoms with Crippen molar-refractivity contribution in [1.29, 1.82) is 0 Å². The fourth-order valence-electron chi connectivity index (χ4n) is 2.25. The Kier molecular flexibility index (Phi) is 4.43. The zero-order valence-corrected chi connectivity index (χ0v) is 10.1. The second kappa shape index (κ2) is 5.38. The van der Waals surface area contributed by atoms with Crippen LogP contribution >= 0.6 is 0 Å². The molecule has 1 aliphatic rings. The van der Waals surface area contributed by atoms with Gasteiger partial charge in [0.05, 0.1) is 0 Å². The van der Waals surface area contributed by atoms with Gasteiger partial charge in [-0.05, 0) is 26.7 Å². The lowest BCUT2D eigenvalue weighted by Crippen LogP contribution is -2.38. The summed E-state index contributed by atoms with van der Waals surface area (Å²) in [6, 6.07) is 0.565. The third-order valence-corrected chi connectivity index (χ3v) is 3.34. The number of rotatable bonds is 2. The van der Waals surface area contributed by atoms with Gasteiger partial charge in [0.1, 0.15) is 5.84 Å². The maximum atomic E-state index is 4.48. The summed E-state index contributed by atoms with van der Waals surface area (Å²) in [6.45, 7) is 4.46. The van der Waals surface area contributed by atoms with Crippen molar-refractivity contribution in [2.75, 3.05) is 14.1 Å². The number of amidine groups is 1. The molecule has 0 radical (unpaired) electrons. The van der Waals surface area contributed by atoms with Gasteiger partial charge in [0.25, 0.3) is 0 Å². The Bertz CT molecular complexity index is 190. The monoisotopic (exact) mass is 196 g/mol. The minimum Gasteiger partial charge on any atom is -0.361 e. The lowest BCUT2D eigenvalue weighted by Gasteiger charge is -2.32. The maximum absolute atomic E-state index is 4.48. The van der Waals surface area contributed by atoms with E-state index in [1.807, 2.05) is 7.05 Å². The highest BCUT2D eigenvalue weighted by atomic mass is 15.2. The van der Waals surface area contributed by atoms with E-state index in [1.54, 1.807) is 0 Å². The molecular formula is C12H24N2. The number of aliphatic imine (C=N–C) groups is 1. The second-order valence-electron chi connectivity index (χ2n) is 4.62. The van der Waals surface area contributed by atoms with E-state index < -0.39 is 0 Å². The van der Waals surface area contributed by atoms with Gasteiger partial charge in [0.15, 0.2) is 0 Å². The Balaban J connectivity index is 2.61. The van der Waals surface area contributed by atoms with Crippen LogP contribution in [0.15, 0.2) is 4.99 Å². The van der Waals surface area contributed by atoms with Crippen LogP contribution in [0.25, 0.3) is 0 Å². The molecule has 0 bridgehead atoms. The molecule has 0 aliphatic heterocycles. The predicted octanol–water partition coefficient (Wildman–Crippen LogP) is 2.94. The molecule has 14 heavy (non-hydrogen) atoms. The quantitative estimate of drug-likeness (QED) is 0.490. The molecule has 1 saturated carbocycles. The third-order valence-electron chi connectivity index (χ3n) is 3.34. The minimum absolute atomic E-state index is 0.565. The lowest BCUT2D eigenvalue weighted by molar-refractivity contribution is 0.353. The topological polar surface area (TPSA) is 15.6 Å². The summed E-state index contributed by atoms with van der Waals surface area (Å²) < 4.78 is 0. The van der Waals surface area contributed by atoms with Gasteiger partial charge in [-0.1, -0.05) is 19.3 Å².